The molecule has 11 nitrogen and oxygen atoms in total. The Morgan fingerprint density at radius 2 is 1.86 bits per heavy atom. The topological polar surface area (TPSA) is 167 Å². The van der Waals surface area contributed by atoms with Crippen molar-refractivity contribution >= 4 is 27.6 Å². The lowest BCUT2D eigenvalue weighted by molar-refractivity contribution is -0.385. The van der Waals surface area contributed by atoms with E-state index in [9.17, 15) is 28.1 Å². The first-order chi connectivity index (χ1) is 13.6. The molecule has 1 atom stereocenters. The van der Waals surface area contributed by atoms with Crippen LogP contribution in [0.1, 0.15) is 22.8 Å². The number of hydrogen-bond acceptors (Lipinski definition) is 7. The van der Waals surface area contributed by atoms with E-state index in [2.05, 4.69) is 0 Å². The summed E-state index contributed by atoms with van der Waals surface area (Å²) < 4.78 is 27.0. The largest absolute Gasteiger partial charge is 0.478 e. The molecule has 2 aromatic rings. The Kier molecular flexibility index (Phi) is 6.64. The van der Waals surface area contributed by atoms with Gasteiger partial charge in [0.1, 0.15) is 6.04 Å². The number of hydrogen-bond donors (Lipinski definition) is 3. The molecule has 2 rings (SSSR count). The van der Waals surface area contributed by atoms with Crippen molar-refractivity contribution in [3.63, 3.8) is 0 Å². The quantitative estimate of drug-likeness (QED) is 0.325. The van der Waals surface area contributed by atoms with Gasteiger partial charge in [-0.1, -0.05) is 24.3 Å². The Bertz CT molecular complexity index is 1050. The highest BCUT2D eigenvalue weighted by Gasteiger charge is 2.35. The van der Waals surface area contributed by atoms with E-state index in [1.165, 1.54) is 48.8 Å². The standard InChI is InChI=1S/C17H17N3O8S/c1-11(16(21)18-24)19(10-13-5-2-3-8-15(13)20(25)26)29(27,28)14-7-4-6-12(9-14)17(22)23/h2-9,11,24H,10H2,1H3,(H,18,21)(H,22,23)/t11-/m0/s1. The van der Waals surface area contributed by atoms with Crippen molar-refractivity contribution in [1.29, 1.82) is 0 Å². The van der Waals surface area contributed by atoms with Crippen molar-refractivity contribution in [2.45, 2.75) is 24.4 Å². The molecule has 0 bridgehead atoms. The van der Waals surface area contributed by atoms with E-state index in [1.807, 2.05) is 0 Å². The van der Waals surface area contributed by atoms with Gasteiger partial charge in [-0.2, -0.15) is 4.31 Å². The smallest absolute Gasteiger partial charge is 0.335 e. The first kappa shape index (κ1) is 21.9. The Hall–Kier alpha value is -3.35. The maximum atomic E-state index is 13.2. The number of para-hydroxylation sites is 1. The van der Waals surface area contributed by atoms with Crippen LogP contribution in [0.15, 0.2) is 53.4 Å². The zero-order chi connectivity index (χ0) is 21.8. The number of rotatable bonds is 8. The normalized spacial score (nSPS) is 12.4. The van der Waals surface area contributed by atoms with Gasteiger partial charge >= 0.3 is 5.97 Å². The summed E-state index contributed by atoms with van der Waals surface area (Å²) in [5.41, 5.74) is 0.703. The fourth-order valence-corrected chi connectivity index (χ4v) is 4.19. The average molecular weight is 423 g/mol. The van der Waals surface area contributed by atoms with Crippen LogP contribution in [0.3, 0.4) is 0 Å². The maximum absolute atomic E-state index is 13.2. The number of nitrogens with zero attached hydrogens (tertiary/aromatic N) is 2. The molecular weight excluding hydrogens is 406 g/mol. The summed E-state index contributed by atoms with van der Waals surface area (Å²) in [4.78, 5) is 33.2. The van der Waals surface area contributed by atoms with Gasteiger partial charge in [0.2, 0.25) is 10.0 Å². The molecule has 0 spiro atoms. The molecule has 0 radical (unpaired) electrons. The number of nitrogens with one attached hydrogen (secondary N) is 1. The summed E-state index contributed by atoms with van der Waals surface area (Å²) in [6.07, 6.45) is 0. The number of amides is 1. The number of carboxylic acid groups (broad SMARTS) is 1. The number of carbonyl (C=O) groups excluding carboxylic acids is 1. The lowest BCUT2D eigenvalue weighted by atomic mass is 10.1. The third-order valence-electron chi connectivity index (χ3n) is 4.12. The van der Waals surface area contributed by atoms with Gasteiger partial charge in [-0.25, -0.2) is 18.7 Å². The Labute approximate surface area is 165 Å². The van der Waals surface area contributed by atoms with E-state index in [-0.39, 0.29) is 16.8 Å². The van der Waals surface area contributed by atoms with Crippen LogP contribution in [-0.4, -0.2) is 45.9 Å². The molecule has 0 aliphatic rings. The Morgan fingerprint density at radius 3 is 2.45 bits per heavy atom. The first-order valence-electron chi connectivity index (χ1n) is 8.11. The van der Waals surface area contributed by atoms with Crippen molar-refractivity contribution < 1.29 is 33.2 Å². The Morgan fingerprint density at radius 1 is 1.21 bits per heavy atom. The summed E-state index contributed by atoms with van der Waals surface area (Å²) in [6, 6.07) is 8.38. The van der Waals surface area contributed by atoms with E-state index in [1.54, 1.807) is 0 Å². The zero-order valence-corrected chi connectivity index (χ0v) is 15.9. The van der Waals surface area contributed by atoms with E-state index in [0.717, 1.165) is 12.1 Å². The van der Waals surface area contributed by atoms with Gasteiger partial charge in [0.05, 0.1) is 15.4 Å². The molecule has 0 fully saturated rings. The molecular formula is C17H17N3O8S. The summed E-state index contributed by atoms with van der Waals surface area (Å²) in [6.45, 7) is 0.615. The summed E-state index contributed by atoms with van der Waals surface area (Å²) >= 11 is 0. The van der Waals surface area contributed by atoms with Gasteiger partial charge in [-0.15, -0.1) is 0 Å². The minimum Gasteiger partial charge on any atom is -0.478 e. The van der Waals surface area contributed by atoms with Crippen molar-refractivity contribution in [2.24, 2.45) is 0 Å². The number of nitro benzene ring substituents is 1. The zero-order valence-electron chi connectivity index (χ0n) is 15.0. The highest BCUT2D eigenvalue weighted by atomic mass is 32.2. The number of benzene rings is 2. The molecule has 0 saturated carbocycles. The van der Waals surface area contributed by atoms with Gasteiger partial charge in [-0.05, 0) is 25.1 Å². The van der Waals surface area contributed by atoms with Crippen LogP contribution in [0.4, 0.5) is 5.69 Å². The predicted molar refractivity (Wildman–Crippen MR) is 98.6 cm³/mol. The second-order valence-electron chi connectivity index (χ2n) is 5.92. The molecule has 0 aliphatic heterocycles. The van der Waals surface area contributed by atoms with Crippen LogP contribution in [-0.2, 0) is 21.4 Å². The maximum Gasteiger partial charge on any atom is 0.335 e. The molecule has 0 saturated heterocycles. The molecule has 0 aliphatic carbocycles. The Balaban J connectivity index is 2.59. The van der Waals surface area contributed by atoms with Crippen molar-refractivity contribution in [3.8, 4) is 0 Å². The lowest BCUT2D eigenvalue weighted by Gasteiger charge is -2.27. The SMILES string of the molecule is C[C@@H](C(=O)NO)N(Cc1ccccc1[N+](=O)[O-])S(=O)(=O)c1cccc(C(=O)O)c1. The molecule has 154 valence electrons. The lowest BCUT2D eigenvalue weighted by Crippen LogP contribution is -2.46. The van der Waals surface area contributed by atoms with E-state index in [0.29, 0.717) is 4.31 Å². The van der Waals surface area contributed by atoms with Crippen molar-refractivity contribution in [1.82, 2.24) is 9.79 Å². The molecule has 12 heteroatoms. The van der Waals surface area contributed by atoms with Gasteiger partial charge in [-0.3, -0.25) is 20.1 Å². The minimum absolute atomic E-state index is 0.00746. The fraction of sp³-hybridized carbons (Fsp3) is 0.176. The summed E-state index contributed by atoms with van der Waals surface area (Å²) in [7, 11) is -4.48. The van der Waals surface area contributed by atoms with Crippen LogP contribution in [0.2, 0.25) is 0 Å². The van der Waals surface area contributed by atoms with Gasteiger partial charge < -0.3 is 5.11 Å². The number of nitro groups is 1. The van der Waals surface area contributed by atoms with Gasteiger partial charge in [0.25, 0.3) is 11.6 Å². The molecule has 3 N–H and O–H groups in total. The van der Waals surface area contributed by atoms with E-state index >= 15 is 0 Å². The van der Waals surface area contributed by atoms with Gasteiger partial charge in [0, 0.05) is 18.2 Å². The minimum atomic E-state index is -4.48. The molecule has 1 amide bonds. The van der Waals surface area contributed by atoms with Crippen LogP contribution >= 0.6 is 0 Å². The third kappa shape index (κ3) is 4.74. The molecule has 0 unspecified atom stereocenters. The molecule has 0 aromatic heterocycles. The fourth-order valence-electron chi connectivity index (χ4n) is 2.57. The second-order valence-corrected chi connectivity index (χ2v) is 7.81. The predicted octanol–water partition coefficient (Wildman–Crippen LogP) is 1.38. The summed E-state index contributed by atoms with van der Waals surface area (Å²) in [5.74, 6) is -2.42. The number of sulfonamides is 1. The average Bonchev–Trinajstić information content (AvgIpc) is 2.70. The van der Waals surface area contributed by atoms with E-state index in [4.69, 9.17) is 10.3 Å². The van der Waals surface area contributed by atoms with Crippen molar-refractivity contribution in [3.05, 3.63) is 69.8 Å². The molecule has 0 heterocycles. The van der Waals surface area contributed by atoms with Crippen LogP contribution < -0.4 is 5.48 Å². The second kappa shape index (κ2) is 8.77. The van der Waals surface area contributed by atoms with Crippen LogP contribution in [0, 0.1) is 10.1 Å². The first-order valence-corrected chi connectivity index (χ1v) is 9.55. The number of hydroxylamine groups is 1. The monoisotopic (exact) mass is 423 g/mol. The number of carboxylic acids is 1. The molecule has 2 aromatic carbocycles. The number of aromatic carboxylic acids is 1. The number of carbonyl (C=O) groups is 2. The summed E-state index contributed by atoms with van der Waals surface area (Å²) in [5, 5.41) is 29.3. The van der Waals surface area contributed by atoms with Gasteiger partial charge in [0.15, 0.2) is 0 Å². The van der Waals surface area contributed by atoms with E-state index < -0.39 is 44.3 Å². The highest BCUT2D eigenvalue weighted by Crippen LogP contribution is 2.26. The highest BCUT2D eigenvalue weighted by molar-refractivity contribution is 7.89. The van der Waals surface area contributed by atoms with Crippen molar-refractivity contribution in [2.75, 3.05) is 0 Å². The third-order valence-corrected chi connectivity index (χ3v) is 6.04. The van der Waals surface area contributed by atoms with Crippen LogP contribution in [0.5, 0.6) is 0 Å². The van der Waals surface area contributed by atoms with Crippen LogP contribution in [0.25, 0.3) is 0 Å². The molecule has 29 heavy (non-hydrogen) atoms.